The molecule has 0 saturated carbocycles. The number of hydrogen-bond acceptors (Lipinski definition) is 4. The Bertz CT molecular complexity index is 932. The van der Waals surface area contributed by atoms with Crippen LogP contribution in [-0.2, 0) is 17.6 Å². The van der Waals surface area contributed by atoms with Gasteiger partial charge < -0.3 is 9.47 Å². The summed E-state index contributed by atoms with van der Waals surface area (Å²) < 4.78 is 11.0. The number of benzene rings is 2. The molecule has 0 saturated heterocycles. The second-order valence-electron chi connectivity index (χ2n) is 8.68. The highest BCUT2D eigenvalue weighted by atomic mass is 16.6. The van der Waals surface area contributed by atoms with Gasteiger partial charge in [-0.25, -0.2) is 4.79 Å². The number of anilines is 1. The zero-order valence-corrected chi connectivity index (χ0v) is 16.7. The first kappa shape index (κ1) is 18.5. The normalized spacial score (nSPS) is 17.3. The SMILES string of the molecule is COc1ccc2c(c1)C(=O)C1(Cc3ccccc3C1)CN2C(=O)OC(C)(C)C. The summed E-state index contributed by atoms with van der Waals surface area (Å²) in [5.41, 5.74) is 2.17. The van der Waals surface area contributed by atoms with Gasteiger partial charge in [0.25, 0.3) is 0 Å². The second kappa shape index (κ2) is 6.36. The van der Waals surface area contributed by atoms with Gasteiger partial charge in [0, 0.05) is 12.1 Å². The summed E-state index contributed by atoms with van der Waals surface area (Å²) in [7, 11) is 1.57. The third-order valence-electron chi connectivity index (χ3n) is 5.47. The Balaban J connectivity index is 1.80. The predicted octanol–water partition coefficient (Wildman–Crippen LogP) is 4.42. The Hall–Kier alpha value is -2.82. The van der Waals surface area contributed by atoms with Crippen LogP contribution >= 0.6 is 0 Å². The topological polar surface area (TPSA) is 55.8 Å². The van der Waals surface area contributed by atoms with Crippen molar-refractivity contribution in [3.8, 4) is 5.75 Å². The van der Waals surface area contributed by atoms with Crippen molar-refractivity contribution < 1.29 is 19.1 Å². The lowest BCUT2D eigenvalue weighted by Gasteiger charge is -2.40. The van der Waals surface area contributed by atoms with Crippen molar-refractivity contribution >= 4 is 17.6 Å². The van der Waals surface area contributed by atoms with Crippen LogP contribution in [0.1, 0.15) is 42.3 Å². The van der Waals surface area contributed by atoms with Crippen molar-refractivity contribution in [1.82, 2.24) is 0 Å². The molecular formula is C23H25NO4. The molecule has 4 rings (SSSR count). The van der Waals surface area contributed by atoms with Crippen molar-refractivity contribution in [2.45, 2.75) is 39.2 Å². The smallest absolute Gasteiger partial charge is 0.414 e. The van der Waals surface area contributed by atoms with Crippen molar-refractivity contribution in [2.75, 3.05) is 18.6 Å². The van der Waals surface area contributed by atoms with Gasteiger partial charge in [-0.2, -0.15) is 0 Å². The molecule has 0 atom stereocenters. The summed E-state index contributed by atoms with van der Waals surface area (Å²) in [6, 6.07) is 13.4. The fourth-order valence-corrected chi connectivity index (χ4v) is 4.25. The van der Waals surface area contributed by atoms with E-state index in [0.29, 0.717) is 36.4 Å². The van der Waals surface area contributed by atoms with Crippen LogP contribution in [0.3, 0.4) is 0 Å². The zero-order chi connectivity index (χ0) is 20.1. The molecule has 1 aliphatic carbocycles. The molecule has 0 radical (unpaired) electrons. The number of Topliss-reactive ketones (excluding diaryl/α,β-unsaturated/α-hetero) is 1. The number of amides is 1. The minimum absolute atomic E-state index is 0.0670. The number of fused-ring (bicyclic) bond motifs is 2. The first-order valence-electron chi connectivity index (χ1n) is 9.53. The average molecular weight is 379 g/mol. The maximum absolute atomic E-state index is 13.6. The summed E-state index contributed by atoms with van der Waals surface area (Å²) >= 11 is 0. The van der Waals surface area contributed by atoms with Crippen LogP contribution in [0.25, 0.3) is 0 Å². The molecule has 0 N–H and O–H groups in total. The lowest BCUT2D eigenvalue weighted by molar-refractivity contribution is 0.0547. The Morgan fingerprint density at radius 3 is 2.29 bits per heavy atom. The number of methoxy groups -OCH3 is 1. The van der Waals surface area contributed by atoms with E-state index in [9.17, 15) is 9.59 Å². The van der Waals surface area contributed by atoms with Gasteiger partial charge >= 0.3 is 6.09 Å². The number of ketones is 1. The van der Waals surface area contributed by atoms with E-state index in [-0.39, 0.29) is 5.78 Å². The van der Waals surface area contributed by atoms with Crippen molar-refractivity contribution in [3.05, 3.63) is 59.2 Å². The first-order valence-corrected chi connectivity index (χ1v) is 9.53. The monoisotopic (exact) mass is 379 g/mol. The van der Waals surface area contributed by atoms with Crippen molar-refractivity contribution in [2.24, 2.45) is 5.41 Å². The van der Waals surface area contributed by atoms with Crippen LogP contribution in [0.15, 0.2) is 42.5 Å². The van der Waals surface area contributed by atoms with Gasteiger partial charge in [-0.15, -0.1) is 0 Å². The van der Waals surface area contributed by atoms with E-state index in [4.69, 9.17) is 9.47 Å². The average Bonchev–Trinajstić information content (AvgIpc) is 3.02. The van der Waals surface area contributed by atoms with E-state index in [0.717, 1.165) is 0 Å². The quantitative estimate of drug-likeness (QED) is 0.736. The van der Waals surface area contributed by atoms with Crippen LogP contribution in [0.2, 0.25) is 0 Å². The molecule has 1 aliphatic heterocycles. The van der Waals surface area contributed by atoms with E-state index >= 15 is 0 Å². The van der Waals surface area contributed by atoms with Crippen LogP contribution < -0.4 is 9.64 Å². The number of rotatable bonds is 1. The van der Waals surface area contributed by atoms with Crippen molar-refractivity contribution in [1.29, 1.82) is 0 Å². The van der Waals surface area contributed by atoms with Crippen LogP contribution in [0.5, 0.6) is 5.75 Å². The summed E-state index contributed by atoms with van der Waals surface area (Å²) in [6.07, 6.45) is 0.817. The standard InChI is InChI=1S/C23H25NO4/c1-22(2,3)28-21(26)24-14-23(12-15-7-5-6-8-16(15)13-23)20(25)18-11-17(27-4)9-10-19(18)24/h5-11H,12-14H2,1-4H3. The third kappa shape index (κ3) is 3.05. The highest BCUT2D eigenvalue weighted by Gasteiger charge is 2.50. The molecule has 1 amide bonds. The fourth-order valence-electron chi connectivity index (χ4n) is 4.25. The maximum Gasteiger partial charge on any atom is 0.414 e. The van der Waals surface area contributed by atoms with Gasteiger partial charge in [0.1, 0.15) is 11.4 Å². The zero-order valence-electron chi connectivity index (χ0n) is 16.7. The molecule has 0 bridgehead atoms. The molecule has 0 unspecified atom stereocenters. The summed E-state index contributed by atoms with van der Waals surface area (Å²) in [4.78, 5) is 28.2. The molecule has 0 aromatic heterocycles. The van der Waals surface area contributed by atoms with Gasteiger partial charge in [0.15, 0.2) is 5.78 Å². The highest BCUT2D eigenvalue weighted by Crippen LogP contribution is 2.46. The molecule has 28 heavy (non-hydrogen) atoms. The van der Waals surface area contributed by atoms with Crippen LogP contribution in [0, 0.1) is 5.41 Å². The largest absolute Gasteiger partial charge is 0.497 e. The number of hydrogen-bond donors (Lipinski definition) is 0. The second-order valence-corrected chi connectivity index (χ2v) is 8.68. The molecule has 2 aromatic carbocycles. The molecule has 5 heteroatoms. The Kier molecular flexibility index (Phi) is 4.21. The van der Waals surface area contributed by atoms with Gasteiger partial charge in [0.2, 0.25) is 0 Å². The van der Waals surface area contributed by atoms with Crippen LogP contribution in [-0.4, -0.2) is 31.1 Å². The fraction of sp³-hybridized carbons (Fsp3) is 0.391. The summed E-state index contributed by atoms with van der Waals surface area (Å²) in [6.45, 7) is 5.84. The summed E-state index contributed by atoms with van der Waals surface area (Å²) in [5, 5.41) is 0. The van der Waals surface area contributed by atoms with Gasteiger partial charge in [0.05, 0.1) is 18.2 Å². The molecule has 2 aromatic rings. The van der Waals surface area contributed by atoms with E-state index in [1.165, 1.54) is 11.1 Å². The summed E-state index contributed by atoms with van der Waals surface area (Å²) in [5.74, 6) is 0.668. The molecular weight excluding hydrogens is 354 g/mol. The van der Waals surface area contributed by atoms with Gasteiger partial charge in [-0.1, -0.05) is 24.3 Å². The minimum atomic E-state index is -0.667. The lowest BCUT2D eigenvalue weighted by atomic mass is 9.74. The Morgan fingerprint density at radius 1 is 1.07 bits per heavy atom. The van der Waals surface area contributed by atoms with E-state index < -0.39 is 17.1 Å². The molecule has 2 aliphatic rings. The lowest BCUT2D eigenvalue weighted by Crippen LogP contribution is -2.52. The molecule has 1 spiro atoms. The number of carbonyl (C=O) groups is 2. The van der Waals surface area contributed by atoms with E-state index in [1.807, 2.05) is 32.9 Å². The minimum Gasteiger partial charge on any atom is -0.497 e. The van der Waals surface area contributed by atoms with Gasteiger partial charge in [-0.05, 0) is 62.9 Å². The van der Waals surface area contributed by atoms with Crippen molar-refractivity contribution in [3.63, 3.8) is 0 Å². The molecule has 146 valence electrons. The molecule has 1 heterocycles. The third-order valence-corrected chi connectivity index (χ3v) is 5.47. The van der Waals surface area contributed by atoms with Gasteiger partial charge in [-0.3, -0.25) is 9.69 Å². The molecule has 5 nitrogen and oxygen atoms in total. The predicted molar refractivity (Wildman–Crippen MR) is 107 cm³/mol. The highest BCUT2D eigenvalue weighted by molar-refractivity contribution is 6.11. The first-order chi connectivity index (χ1) is 13.2. The van der Waals surface area contributed by atoms with Crippen LogP contribution in [0.4, 0.5) is 10.5 Å². The number of nitrogens with zero attached hydrogens (tertiary/aromatic N) is 1. The van der Waals surface area contributed by atoms with E-state index in [1.54, 1.807) is 30.2 Å². The maximum atomic E-state index is 13.6. The Labute approximate surface area is 165 Å². The Morgan fingerprint density at radius 2 is 1.71 bits per heavy atom. The number of ether oxygens (including phenoxy) is 2. The molecule has 0 fully saturated rings. The van der Waals surface area contributed by atoms with E-state index in [2.05, 4.69) is 12.1 Å². The number of carbonyl (C=O) groups excluding carboxylic acids is 2.